The molecule has 0 aromatic carbocycles. The van der Waals surface area contributed by atoms with Gasteiger partial charge in [-0.2, -0.15) is 0 Å². The highest BCUT2D eigenvalue weighted by Crippen LogP contribution is 2.27. The number of amides is 2. The zero-order chi connectivity index (χ0) is 14.3. The monoisotopic (exact) mass is 290 g/mol. The summed E-state index contributed by atoms with van der Waals surface area (Å²) < 4.78 is 22.7. The molecule has 0 bridgehead atoms. The number of likely N-dealkylation sites (tertiary alicyclic amines) is 1. The van der Waals surface area contributed by atoms with E-state index in [1.165, 1.54) is 0 Å². The van der Waals surface area contributed by atoms with Crippen LogP contribution >= 0.6 is 0 Å². The molecule has 6 nitrogen and oxygen atoms in total. The summed E-state index contributed by atoms with van der Waals surface area (Å²) in [4.78, 5) is 13.8. The van der Waals surface area contributed by atoms with E-state index in [9.17, 15) is 18.3 Å². The predicted octanol–water partition coefficient (Wildman–Crippen LogP) is 0.118. The maximum atomic E-state index is 12.2. The molecular weight excluding hydrogens is 268 g/mol. The average Bonchev–Trinajstić information content (AvgIpc) is 2.83. The smallest absolute Gasteiger partial charge is 0.317 e. The summed E-state index contributed by atoms with van der Waals surface area (Å²) in [6.07, 6.45) is 2.13. The lowest BCUT2D eigenvalue weighted by Gasteiger charge is -2.34. The fourth-order valence-electron chi connectivity index (χ4n) is 2.91. The van der Waals surface area contributed by atoms with Crippen LogP contribution in [0.2, 0.25) is 0 Å². The molecule has 0 aromatic heterocycles. The Balaban J connectivity index is 1.97. The number of hydrogen-bond acceptors (Lipinski definition) is 4. The van der Waals surface area contributed by atoms with Crippen LogP contribution in [0.25, 0.3) is 0 Å². The van der Waals surface area contributed by atoms with E-state index in [0.29, 0.717) is 13.0 Å². The third-order valence-electron chi connectivity index (χ3n) is 3.89. The van der Waals surface area contributed by atoms with Crippen LogP contribution in [-0.4, -0.2) is 60.2 Å². The lowest BCUT2D eigenvalue weighted by molar-refractivity contribution is 0.00954. The molecule has 2 rings (SSSR count). The molecule has 7 heteroatoms. The van der Waals surface area contributed by atoms with Crippen molar-refractivity contribution in [2.45, 2.75) is 50.8 Å². The largest absolute Gasteiger partial charge is 0.388 e. The van der Waals surface area contributed by atoms with E-state index < -0.39 is 15.4 Å². The second-order valence-electron chi connectivity index (χ2n) is 6.05. The normalized spacial score (nSPS) is 30.6. The molecule has 2 unspecified atom stereocenters. The molecule has 2 amide bonds. The lowest BCUT2D eigenvalue weighted by atomic mass is 9.97. The Morgan fingerprint density at radius 3 is 2.58 bits per heavy atom. The minimum atomic E-state index is -2.99. The standard InChI is InChI=1S/C12H22N2O4S/c1-12(2,16)10-4-3-6-14(10)11(15)13-9-5-7-19(17,18)8-9/h9-10,16H,3-8H2,1-2H3,(H,13,15). The predicted molar refractivity (Wildman–Crippen MR) is 71.6 cm³/mol. The van der Waals surface area contributed by atoms with Gasteiger partial charge in [0.05, 0.1) is 23.1 Å². The van der Waals surface area contributed by atoms with Gasteiger partial charge in [-0.3, -0.25) is 0 Å². The summed E-state index contributed by atoms with van der Waals surface area (Å²) in [7, 11) is -2.99. The second-order valence-corrected chi connectivity index (χ2v) is 8.28. The average molecular weight is 290 g/mol. The molecule has 2 aliphatic rings. The van der Waals surface area contributed by atoms with Gasteiger partial charge in [0.15, 0.2) is 9.84 Å². The molecule has 0 radical (unpaired) electrons. The van der Waals surface area contributed by atoms with E-state index >= 15 is 0 Å². The molecule has 2 N–H and O–H groups in total. The summed E-state index contributed by atoms with van der Waals surface area (Å²) in [6, 6.07) is -0.752. The number of hydrogen-bond donors (Lipinski definition) is 2. The molecule has 110 valence electrons. The minimum absolute atomic E-state index is 0.0275. The van der Waals surface area contributed by atoms with Gasteiger partial charge in [0.25, 0.3) is 0 Å². The Kier molecular flexibility index (Phi) is 3.79. The molecular formula is C12H22N2O4S. The highest BCUT2D eigenvalue weighted by molar-refractivity contribution is 7.91. The highest BCUT2D eigenvalue weighted by Gasteiger charge is 2.39. The van der Waals surface area contributed by atoms with Crippen LogP contribution in [0.15, 0.2) is 0 Å². The summed E-state index contributed by atoms with van der Waals surface area (Å²) in [5, 5.41) is 12.8. The van der Waals surface area contributed by atoms with E-state index in [0.717, 1.165) is 12.8 Å². The first-order valence-electron chi connectivity index (χ1n) is 6.69. The number of carbonyl (C=O) groups is 1. The first kappa shape index (κ1) is 14.6. The SMILES string of the molecule is CC(C)(O)C1CCCN1C(=O)NC1CCS(=O)(=O)C1. The van der Waals surface area contributed by atoms with E-state index in [2.05, 4.69) is 5.32 Å². The summed E-state index contributed by atoms with van der Waals surface area (Å²) in [5.74, 6) is 0.173. The number of aliphatic hydroxyl groups is 1. The van der Waals surface area contributed by atoms with Gasteiger partial charge >= 0.3 is 6.03 Å². The van der Waals surface area contributed by atoms with Crippen molar-refractivity contribution in [2.24, 2.45) is 0 Å². The van der Waals surface area contributed by atoms with Crippen molar-refractivity contribution in [3.05, 3.63) is 0 Å². The van der Waals surface area contributed by atoms with Crippen molar-refractivity contribution in [2.75, 3.05) is 18.1 Å². The van der Waals surface area contributed by atoms with Gasteiger partial charge < -0.3 is 15.3 Å². The Bertz CT molecular complexity index is 455. The Morgan fingerprint density at radius 2 is 2.05 bits per heavy atom. The molecule has 0 saturated carbocycles. The molecule has 0 aromatic rings. The Morgan fingerprint density at radius 1 is 1.37 bits per heavy atom. The van der Waals surface area contributed by atoms with E-state index in [-0.39, 0.29) is 29.6 Å². The van der Waals surface area contributed by atoms with Crippen molar-refractivity contribution < 1.29 is 18.3 Å². The fourth-order valence-corrected chi connectivity index (χ4v) is 4.58. The van der Waals surface area contributed by atoms with Gasteiger partial charge in [-0.15, -0.1) is 0 Å². The fraction of sp³-hybridized carbons (Fsp3) is 0.917. The first-order valence-corrected chi connectivity index (χ1v) is 8.51. The van der Waals surface area contributed by atoms with Crippen molar-refractivity contribution in [3.8, 4) is 0 Å². The van der Waals surface area contributed by atoms with Gasteiger partial charge in [0.2, 0.25) is 0 Å². The van der Waals surface area contributed by atoms with Gasteiger partial charge in [-0.25, -0.2) is 13.2 Å². The Hall–Kier alpha value is -0.820. The zero-order valence-corrected chi connectivity index (χ0v) is 12.2. The molecule has 2 saturated heterocycles. The number of carbonyl (C=O) groups excluding carboxylic acids is 1. The number of urea groups is 1. The lowest BCUT2D eigenvalue weighted by Crippen LogP contribution is -2.53. The highest BCUT2D eigenvalue weighted by atomic mass is 32.2. The molecule has 0 spiro atoms. The van der Waals surface area contributed by atoms with Crippen molar-refractivity contribution in [1.82, 2.24) is 10.2 Å². The third-order valence-corrected chi connectivity index (χ3v) is 5.66. The van der Waals surface area contributed by atoms with Gasteiger partial charge in [0, 0.05) is 12.6 Å². The molecule has 19 heavy (non-hydrogen) atoms. The van der Waals surface area contributed by atoms with Gasteiger partial charge in [-0.05, 0) is 33.1 Å². The van der Waals surface area contributed by atoms with Gasteiger partial charge in [0.1, 0.15) is 0 Å². The van der Waals surface area contributed by atoms with Crippen LogP contribution in [0, 0.1) is 0 Å². The maximum absolute atomic E-state index is 12.2. The minimum Gasteiger partial charge on any atom is -0.388 e. The molecule has 2 fully saturated rings. The maximum Gasteiger partial charge on any atom is 0.317 e. The Labute approximate surface area is 114 Å². The van der Waals surface area contributed by atoms with E-state index in [1.54, 1.807) is 18.7 Å². The topological polar surface area (TPSA) is 86.7 Å². The number of sulfone groups is 1. The third kappa shape index (κ3) is 3.39. The van der Waals surface area contributed by atoms with Crippen LogP contribution < -0.4 is 5.32 Å². The van der Waals surface area contributed by atoms with Crippen LogP contribution in [0.4, 0.5) is 4.79 Å². The number of nitrogens with zero attached hydrogens (tertiary/aromatic N) is 1. The number of rotatable bonds is 2. The van der Waals surface area contributed by atoms with Crippen LogP contribution in [-0.2, 0) is 9.84 Å². The first-order chi connectivity index (χ1) is 8.69. The molecule has 0 aliphatic carbocycles. The van der Waals surface area contributed by atoms with E-state index in [4.69, 9.17) is 0 Å². The van der Waals surface area contributed by atoms with Crippen molar-refractivity contribution in [3.63, 3.8) is 0 Å². The van der Waals surface area contributed by atoms with Crippen LogP contribution in [0.3, 0.4) is 0 Å². The van der Waals surface area contributed by atoms with E-state index in [1.807, 2.05) is 0 Å². The molecule has 2 aliphatic heterocycles. The van der Waals surface area contributed by atoms with Crippen molar-refractivity contribution >= 4 is 15.9 Å². The summed E-state index contributed by atoms with van der Waals surface area (Å²) >= 11 is 0. The van der Waals surface area contributed by atoms with Crippen LogP contribution in [0.5, 0.6) is 0 Å². The zero-order valence-electron chi connectivity index (χ0n) is 11.4. The van der Waals surface area contributed by atoms with Crippen molar-refractivity contribution in [1.29, 1.82) is 0 Å². The molecule has 2 heterocycles. The number of nitrogens with one attached hydrogen (secondary N) is 1. The second kappa shape index (κ2) is 4.94. The summed E-state index contributed by atoms with van der Waals surface area (Å²) in [5.41, 5.74) is -0.935. The van der Waals surface area contributed by atoms with Gasteiger partial charge in [-0.1, -0.05) is 0 Å². The summed E-state index contributed by atoms with van der Waals surface area (Å²) in [6.45, 7) is 4.01. The quantitative estimate of drug-likeness (QED) is 0.756. The molecule has 2 atom stereocenters. The van der Waals surface area contributed by atoms with Crippen LogP contribution in [0.1, 0.15) is 33.1 Å².